The molecule has 0 amide bonds. The van der Waals surface area contributed by atoms with Crippen molar-refractivity contribution in [3.8, 4) is 0 Å². The number of nitrogens with zero attached hydrogens (tertiary/aromatic N) is 2. The maximum atomic E-state index is 13.0. The number of piperazine rings is 1. The first-order valence-electron chi connectivity index (χ1n) is 8.23. The number of aromatic nitrogens is 1. The largest absolute Gasteiger partial charge is 0.424 e. The van der Waals surface area contributed by atoms with Gasteiger partial charge in [0, 0.05) is 16.8 Å². The van der Waals surface area contributed by atoms with Crippen LogP contribution < -0.4 is 15.6 Å². The lowest BCUT2D eigenvalue weighted by Crippen LogP contribution is -3.14. The highest BCUT2D eigenvalue weighted by Crippen LogP contribution is 2.18. The Morgan fingerprint density at radius 2 is 1.84 bits per heavy atom. The third kappa shape index (κ3) is 3.27. The summed E-state index contributed by atoms with van der Waals surface area (Å²) in [6, 6.07) is 11.8. The third-order valence-corrected chi connectivity index (χ3v) is 4.91. The van der Waals surface area contributed by atoms with E-state index >= 15 is 0 Å². The monoisotopic (exact) mass is 362 g/mol. The van der Waals surface area contributed by atoms with Crippen LogP contribution in [0.4, 0.5) is 10.1 Å². The van der Waals surface area contributed by atoms with Crippen LogP contribution in [0.2, 0.25) is 5.02 Å². The van der Waals surface area contributed by atoms with Crippen LogP contribution in [-0.2, 0) is 6.67 Å². The van der Waals surface area contributed by atoms with Crippen LogP contribution >= 0.6 is 11.6 Å². The Hall–Kier alpha value is -2.31. The van der Waals surface area contributed by atoms with Gasteiger partial charge >= 0.3 is 5.76 Å². The Kier molecular flexibility index (Phi) is 4.23. The van der Waals surface area contributed by atoms with E-state index in [1.54, 1.807) is 28.8 Å². The number of halogens is 2. The summed E-state index contributed by atoms with van der Waals surface area (Å²) in [5, 5.41) is 0.550. The van der Waals surface area contributed by atoms with E-state index in [0.29, 0.717) is 17.3 Å². The SMILES string of the molecule is O=c1oc2cc(Cl)ccc2n1C[NH+]1CCN(c2ccc(F)cc2)CC1. The van der Waals surface area contributed by atoms with Crippen LogP contribution in [0.3, 0.4) is 0 Å². The summed E-state index contributed by atoms with van der Waals surface area (Å²) in [5.74, 6) is -0.579. The molecule has 7 heteroatoms. The van der Waals surface area contributed by atoms with E-state index in [9.17, 15) is 9.18 Å². The third-order valence-electron chi connectivity index (χ3n) is 4.67. The zero-order valence-corrected chi connectivity index (χ0v) is 14.3. The van der Waals surface area contributed by atoms with Gasteiger partial charge in [-0.2, -0.15) is 0 Å². The van der Waals surface area contributed by atoms with Gasteiger partial charge in [-0.25, -0.2) is 13.8 Å². The zero-order valence-electron chi connectivity index (χ0n) is 13.5. The molecule has 25 heavy (non-hydrogen) atoms. The second-order valence-electron chi connectivity index (χ2n) is 6.28. The van der Waals surface area contributed by atoms with Crippen LogP contribution in [0.5, 0.6) is 0 Å². The van der Waals surface area contributed by atoms with Crippen LogP contribution in [0, 0.1) is 5.82 Å². The first kappa shape index (κ1) is 16.2. The van der Waals surface area contributed by atoms with Gasteiger partial charge in [-0.15, -0.1) is 0 Å². The van der Waals surface area contributed by atoms with E-state index < -0.39 is 0 Å². The van der Waals surface area contributed by atoms with Crippen molar-refractivity contribution in [1.29, 1.82) is 0 Å². The molecule has 1 aliphatic heterocycles. The highest BCUT2D eigenvalue weighted by atomic mass is 35.5. The standard InChI is InChI=1S/C18H17ClFN3O2/c19-13-1-6-16-17(11-13)25-18(24)23(16)12-21-7-9-22(10-8-21)15-4-2-14(20)3-5-15/h1-6,11H,7-10,12H2/p+1. The van der Waals surface area contributed by atoms with E-state index in [1.165, 1.54) is 17.0 Å². The maximum absolute atomic E-state index is 13.0. The van der Waals surface area contributed by atoms with E-state index in [4.69, 9.17) is 16.0 Å². The molecule has 1 saturated heterocycles. The van der Waals surface area contributed by atoms with Gasteiger partial charge in [0.05, 0.1) is 31.7 Å². The lowest BCUT2D eigenvalue weighted by molar-refractivity contribution is -0.923. The minimum atomic E-state index is -0.356. The number of oxazole rings is 1. The van der Waals surface area contributed by atoms with E-state index in [0.717, 1.165) is 37.4 Å². The van der Waals surface area contributed by atoms with Gasteiger partial charge < -0.3 is 14.2 Å². The van der Waals surface area contributed by atoms with Gasteiger partial charge in [-0.3, -0.25) is 0 Å². The van der Waals surface area contributed by atoms with Crippen molar-refractivity contribution in [3.05, 3.63) is 63.9 Å². The molecule has 2 aromatic carbocycles. The van der Waals surface area contributed by atoms with Gasteiger partial charge in [-0.1, -0.05) is 11.6 Å². The van der Waals surface area contributed by atoms with Gasteiger partial charge in [-0.05, 0) is 36.4 Å². The van der Waals surface area contributed by atoms with Gasteiger partial charge in [0.25, 0.3) is 0 Å². The van der Waals surface area contributed by atoms with Crippen LogP contribution in [0.1, 0.15) is 0 Å². The molecule has 4 rings (SSSR count). The van der Waals surface area contributed by atoms with Gasteiger partial charge in [0.1, 0.15) is 5.82 Å². The van der Waals surface area contributed by atoms with E-state index in [-0.39, 0.29) is 11.6 Å². The topological polar surface area (TPSA) is 42.8 Å². The summed E-state index contributed by atoms with van der Waals surface area (Å²) in [4.78, 5) is 15.7. The Bertz CT molecular complexity index is 943. The number of fused-ring (bicyclic) bond motifs is 1. The Labute approximate surface area is 148 Å². The highest BCUT2D eigenvalue weighted by Gasteiger charge is 2.22. The molecule has 0 unspecified atom stereocenters. The van der Waals surface area contributed by atoms with Crippen molar-refractivity contribution < 1.29 is 13.7 Å². The van der Waals surface area contributed by atoms with Crippen LogP contribution in [-0.4, -0.2) is 30.7 Å². The first-order chi connectivity index (χ1) is 12.1. The summed E-state index contributed by atoms with van der Waals surface area (Å²) in [5.41, 5.74) is 2.31. The fraction of sp³-hybridized carbons (Fsp3) is 0.278. The summed E-state index contributed by atoms with van der Waals surface area (Å²) < 4.78 is 20.0. The molecule has 0 spiro atoms. The van der Waals surface area contributed by atoms with Crippen LogP contribution in [0.25, 0.3) is 11.1 Å². The predicted molar refractivity (Wildman–Crippen MR) is 94.8 cm³/mol. The lowest BCUT2D eigenvalue weighted by Gasteiger charge is -2.33. The fourth-order valence-corrected chi connectivity index (χ4v) is 3.47. The van der Waals surface area contributed by atoms with Gasteiger partial charge in [0.2, 0.25) is 0 Å². The fourth-order valence-electron chi connectivity index (χ4n) is 3.30. The average molecular weight is 363 g/mol. The van der Waals surface area contributed by atoms with Crippen molar-refractivity contribution in [3.63, 3.8) is 0 Å². The average Bonchev–Trinajstić information content (AvgIpc) is 2.91. The van der Waals surface area contributed by atoms with Crippen molar-refractivity contribution >= 4 is 28.4 Å². The van der Waals surface area contributed by atoms with Gasteiger partial charge in [0.15, 0.2) is 12.3 Å². The molecule has 1 aliphatic rings. The van der Waals surface area contributed by atoms with Crippen molar-refractivity contribution in [2.45, 2.75) is 6.67 Å². The number of benzene rings is 2. The molecule has 0 atom stereocenters. The molecule has 0 bridgehead atoms. The van der Waals surface area contributed by atoms with E-state index in [2.05, 4.69) is 4.90 Å². The number of hydrogen-bond acceptors (Lipinski definition) is 3. The number of hydrogen-bond donors (Lipinski definition) is 1. The van der Waals surface area contributed by atoms with Crippen molar-refractivity contribution in [2.24, 2.45) is 0 Å². The number of rotatable bonds is 3. The molecule has 1 N–H and O–H groups in total. The Morgan fingerprint density at radius 1 is 1.12 bits per heavy atom. The molecule has 3 aromatic rings. The smallest absolute Gasteiger partial charge is 0.408 e. The molecule has 0 aliphatic carbocycles. The molecule has 0 saturated carbocycles. The van der Waals surface area contributed by atoms with Crippen molar-refractivity contribution in [2.75, 3.05) is 31.1 Å². The zero-order chi connectivity index (χ0) is 17.4. The molecular formula is C18H18ClFN3O2+. The van der Waals surface area contributed by atoms with Crippen molar-refractivity contribution in [1.82, 2.24) is 4.57 Å². The Morgan fingerprint density at radius 3 is 2.56 bits per heavy atom. The second kappa shape index (κ2) is 6.54. The number of anilines is 1. The number of nitrogens with one attached hydrogen (secondary N) is 1. The minimum Gasteiger partial charge on any atom is -0.408 e. The predicted octanol–water partition coefficient (Wildman–Crippen LogP) is 1.75. The summed E-state index contributed by atoms with van der Waals surface area (Å²) in [7, 11) is 0. The maximum Gasteiger partial charge on any atom is 0.424 e. The summed E-state index contributed by atoms with van der Waals surface area (Å²) in [6.07, 6.45) is 0. The van der Waals surface area contributed by atoms with Crippen LogP contribution in [0.15, 0.2) is 51.7 Å². The molecule has 130 valence electrons. The number of quaternary nitrogens is 1. The summed E-state index contributed by atoms with van der Waals surface area (Å²) >= 11 is 5.95. The first-order valence-corrected chi connectivity index (χ1v) is 8.61. The molecule has 0 radical (unpaired) electrons. The van der Waals surface area contributed by atoms with E-state index in [1.807, 2.05) is 6.07 Å². The molecular weight excluding hydrogens is 345 g/mol. The Balaban J connectivity index is 1.46. The summed E-state index contributed by atoms with van der Waals surface area (Å²) in [6.45, 7) is 4.06. The molecule has 1 fully saturated rings. The lowest BCUT2D eigenvalue weighted by atomic mass is 10.2. The second-order valence-corrected chi connectivity index (χ2v) is 6.72. The molecule has 2 heterocycles. The molecule has 5 nitrogen and oxygen atoms in total. The molecule has 1 aromatic heterocycles. The minimum absolute atomic E-state index is 0.223. The quantitative estimate of drug-likeness (QED) is 0.772. The normalized spacial score (nSPS) is 15.8. The highest BCUT2D eigenvalue weighted by molar-refractivity contribution is 6.31.